The van der Waals surface area contributed by atoms with Crippen molar-refractivity contribution < 1.29 is 23.0 Å². The molecule has 3 nitrogen and oxygen atoms in total. The van der Waals surface area contributed by atoms with Crippen LogP contribution in [0, 0.1) is 6.92 Å². The Morgan fingerprint density at radius 2 is 1.67 bits per heavy atom. The second-order valence-electron chi connectivity index (χ2n) is 6.95. The van der Waals surface area contributed by atoms with E-state index in [1.807, 2.05) is 13.0 Å². The summed E-state index contributed by atoms with van der Waals surface area (Å²) in [6.45, 7) is 1.77. The van der Waals surface area contributed by atoms with Gasteiger partial charge in [0.25, 0.3) is 0 Å². The molecule has 6 heteroatoms. The van der Waals surface area contributed by atoms with Gasteiger partial charge in [-0.05, 0) is 59.5 Å². The fraction of sp³-hybridized carbons (Fsp3) is 0.125. The molecule has 0 radical (unpaired) electrons. The molecule has 152 valence electrons. The maximum absolute atomic E-state index is 13.4. The lowest BCUT2D eigenvalue weighted by Gasteiger charge is -2.15. The van der Waals surface area contributed by atoms with E-state index in [-0.39, 0.29) is 12.1 Å². The van der Waals surface area contributed by atoms with Gasteiger partial charge in [0.2, 0.25) is 0 Å². The molecule has 1 aromatic heterocycles. The third kappa shape index (κ3) is 3.86. The summed E-state index contributed by atoms with van der Waals surface area (Å²) in [5.74, 6) is 1.15. The third-order valence-corrected chi connectivity index (χ3v) is 4.86. The van der Waals surface area contributed by atoms with Gasteiger partial charge in [0, 0.05) is 11.6 Å². The van der Waals surface area contributed by atoms with Gasteiger partial charge in [0.1, 0.15) is 11.5 Å². The minimum absolute atomic E-state index is 0.0515. The van der Waals surface area contributed by atoms with Crippen molar-refractivity contribution in [2.45, 2.75) is 19.7 Å². The molecule has 3 aromatic carbocycles. The highest BCUT2D eigenvalue weighted by molar-refractivity contribution is 5.97. The van der Waals surface area contributed by atoms with Crippen molar-refractivity contribution >= 4 is 10.9 Å². The topological polar surface area (TPSA) is 42.4 Å². The Kier molecular flexibility index (Phi) is 5.18. The first-order valence-electron chi connectivity index (χ1n) is 9.30. The van der Waals surface area contributed by atoms with Gasteiger partial charge in [-0.25, -0.2) is 0 Å². The van der Waals surface area contributed by atoms with Crippen LogP contribution in [0.5, 0.6) is 11.5 Å². The van der Waals surface area contributed by atoms with E-state index < -0.39 is 11.7 Å². The van der Waals surface area contributed by atoms with Gasteiger partial charge in [0.05, 0.1) is 17.7 Å². The number of pyridine rings is 1. The quantitative estimate of drug-likeness (QED) is 0.418. The van der Waals surface area contributed by atoms with E-state index in [9.17, 15) is 13.2 Å². The molecule has 0 unspecified atom stereocenters. The first-order chi connectivity index (χ1) is 14.4. The number of aromatic nitrogens is 1. The number of aliphatic hydroxyl groups excluding tert-OH is 1. The van der Waals surface area contributed by atoms with Crippen LogP contribution in [0.2, 0.25) is 0 Å². The number of hydrogen-bond acceptors (Lipinski definition) is 3. The van der Waals surface area contributed by atoms with Crippen LogP contribution < -0.4 is 4.74 Å². The molecule has 1 heterocycles. The van der Waals surface area contributed by atoms with Crippen LogP contribution in [0.4, 0.5) is 13.2 Å². The molecule has 0 amide bonds. The molecular formula is C24H18F3NO2. The maximum Gasteiger partial charge on any atom is 0.418 e. The number of nitrogens with zero attached hydrogens (tertiary/aromatic N) is 1. The number of aryl methyl sites for hydroxylation is 1. The van der Waals surface area contributed by atoms with Crippen LogP contribution >= 0.6 is 0 Å². The standard InChI is InChI=1S/C24H18F3NO2/c1-15-13-28-23-20(6-3-7-21(23)24(25,26)27)22(15)17-4-2-5-19(12-17)30-18-10-8-16(14-29)9-11-18/h2-13,29H,14H2,1H3. The van der Waals surface area contributed by atoms with E-state index in [2.05, 4.69) is 4.98 Å². The molecule has 1 N–H and O–H groups in total. The number of fused-ring (bicyclic) bond motifs is 1. The van der Waals surface area contributed by atoms with E-state index in [1.54, 1.807) is 48.5 Å². The van der Waals surface area contributed by atoms with Crippen molar-refractivity contribution in [2.75, 3.05) is 0 Å². The van der Waals surface area contributed by atoms with Crippen LogP contribution in [0.1, 0.15) is 16.7 Å². The van der Waals surface area contributed by atoms with E-state index in [1.165, 1.54) is 12.3 Å². The number of rotatable bonds is 4. The third-order valence-electron chi connectivity index (χ3n) is 4.86. The van der Waals surface area contributed by atoms with E-state index in [0.717, 1.165) is 22.8 Å². The second kappa shape index (κ2) is 7.80. The molecule has 30 heavy (non-hydrogen) atoms. The van der Waals surface area contributed by atoms with Crippen molar-refractivity contribution in [3.05, 3.63) is 89.6 Å². The van der Waals surface area contributed by atoms with Gasteiger partial charge in [0.15, 0.2) is 0 Å². The summed E-state index contributed by atoms with van der Waals surface area (Å²) in [7, 11) is 0. The number of halogens is 3. The minimum atomic E-state index is -4.48. The molecule has 0 spiro atoms. The summed E-state index contributed by atoms with van der Waals surface area (Å²) in [5, 5.41) is 9.59. The molecule has 0 bridgehead atoms. The van der Waals surface area contributed by atoms with Crippen molar-refractivity contribution in [3.63, 3.8) is 0 Å². The average molecular weight is 409 g/mol. The summed E-state index contributed by atoms with van der Waals surface area (Å²) in [6.07, 6.45) is -3.02. The maximum atomic E-state index is 13.4. The average Bonchev–Trinajstić information content (AvgIpc) is 2.73. The highest BCUT2D eigenvalue weighted by Crippen LogP contribution is 2.39. The van der Waals surface area contributed by atoms with Crippen LogP contribution in [0.15, 0.2) is 72.9 Å². The fourth-order valence-electron chi connectivity index (χ4n) is 3.45. The van der Waals surface area contributed by atoms with E-state index >= 15 is 0 Å². The number of alkyl halides is 3. The Bertz CT molecular complexity index is 1200. The first-order valence-corrected chi connectivity index (χ1v) is 9.30. The van der Waals surface area contributed by atoms with Crippen LogP contribution in [-0.2, 0) is 12.8 Å². The zero-order valence-corrected chi connectivity index (χ0v) is 16.1. The minimum Gasteiger partial charge on any atom is -0.457 e. The van der Waals surface area contributed by atoms with Crippen molar-refractivity contribution in [1.29, 1.82) is 0 Å². The normalized spacial score (nSPS) is 11.6. The monoisotopic (exact) mass is 409 g/mol. The van der Waals surface area contributed by atoms with Crippen LogP contribution in [0.25, 0.3) is 22.0 Å². The number of ether oxygens (including phenoxy) is 1. The van der Waals surface area contributed by atoms with Crippen molar-refractivity contribution in [3.8, 4) is 22.6 Å². The smallest absolute Gasteiger partial charge is 0.418 e. The molecular weight excluding hydrogens is 391 g/mol. The molecule has 0 fully saturated rings. The van der Waals surface area contributed by atoms with Crippen molar-refractivity contribution in [2.24, 2.45) is 0 Å². The Morgan fingerprint density at radius 1 is 0.933 bits per heavy atom. The lowest BCUT2D eigenvalue weighted by atomic mass is 9.95. The zero-order chi connectivity index (χ0) is 21.3. The lowest BCUT2D eigenvalue weighted by Crippen LogP contribution is -2.07. The molecule has 4 aromatic rings. The summed E-state index contributed by atoms with van der Waals surface area (Å²) in [5.41, 5.74) is 2.15. The van der Waals surface area contributed by atoms with Gasteiger partial charge in [-0.15, -0.1) is 0 Å². The highest BCUT2D eigenvalue weighted by Gasteiger charge is 2.33. The molecule has 0 saturated heterocycles. The Labute approximate surface area is 171 Å². The SMILES string of the molecule is Cc1cnc2c(C(F)(F)F)cccc2c1-c1cccc(Oc2ccc(CO)cc2)c1. The van der Waals surface area contributed by atoms with Crippen LogP contribution in [0.3, 0.4) is 0 Å². The predicted molar refractivity (Wildman–Crippen MR) is 109 cm³/mol. The summed E-state index contributed by atoms with van der Waals surface area (Å²) in [4.78, 5) is 4.07. The van der Waals surface area contributed by atoms with Gasteiger partial charge < -0.3 is 9.84 Å². The van der Waals surface area contributed by atoms with Gasteiger partial charge in [-0.3, -0.25) is 4.98 Å². The Balaban J connectivity index is 1.79. The Morgan fingerprint density at radius 3 is 2.37 bits per heavy atom. The molecule has 0 aliphatic heterocycles. The first kappa shape index (κ1) is 19.9. The van der Waals surface area contributed by atoms with Gasteiger partial charge in [-0.1, -0.05) is 36.4 Å². The highest BCUT2D eigenvalue weighted by atomic mass is 19.4. The number of hydrogen-bond donors (Lipinski definition) is 1. The van der Waals surface area contributed by atoms with Gasteiger partial charge in [-0.2, -0.15) is 13.2 Å². The second-order valence-corrected chi connectivity index (χ2v) is 6.95. The molecule has 4 rings (SSSR count). The molecule has 0 saturated carbocycles. The zero-order valence-electron chi connectivity index (χ0n) is 16.1. The van der Waals surface area contributed by atoms with Gasteiger partial charge >= 0.3 is 6.18 Å². The van der Waals surface area contributed by atoms with Crippen molar-refractivity contribution in [1.82, 2.24) is 4.98 Å². The number of aliphatic hydroxyl groups is 1. The molecule has 0 atom stereocenters. The Hall–Kier alpha value is -3.38. The van der Waals surface area contributed by atoms with Crippen LogP contribution in [-0.4, -0.2) is 10.1 Å². The van der Waals surface area contributed by atoms with E-state index in [0.29, 0.717) is 22.4 Å². The lowest BCUT2D eigenvalue weighted by molar-refractivity contribution is -0.136. The summed E-state index contributed by atoms with van der Waals surface area (Å²) < 4.78 is 46.2. The molecule has 0 aliphatic rings. The number of benzene rings is 3. The van der Waals surface area contributed by atoms with E-state index in [4.69, 9.17) is 9.84 Å². The fourth-order valence-corrected chi connectivity index (χ4v) is 3.45. The summed E-state index contributed by atoms with van der Waals surface area (Å²) >= 11 is 0. The summed E-state index contributed by atoms with van der Waals surface area (Å²) in [6, 6.07) is 18.3. The largest absolute Gasteiger partial charge is 0.457 e. The number of para-hydroxylation sites is 1. The molecule has 0 aliphatic carbocycles. The predicted octanol–water partition coefficient (Wildman–Crippen LogP) is 6.51.